The maximum atomic E-state index is 5.48. The molecule has 0 aliphatic rings. The molecule has 0 saturated carbocycles. The highest BCUT2D eigenvalue weighted by Gasteiger charge is 1.92. The molecule has 0 aromatic carbocycles. The number of hydrogen-bond acceptors (Lipinski definition) is 1. The maximum Gasteiger partial charge on any atom is 0.00139 e. The molecular formula is C11H19N. The molecule has 12 heavy (non-hydrogen) atoms. The lowest BCUT2D eigenvalue weighted by Crippen LogP contribution is -1.88. The van der Waals surface area contributed by atoms with Gasteiger partial charge >= 0.3 is 0 Å². The lowest BCUT2D eigenvalue weighted by Gasteiger charge is -2.00. The van der Waals surface area contributed by atoms with E-state index in [0.717, 1.165) is 12.0 Å². The summed E-state index contributed by atoms with van der Waals surface area (Å²) >= 11 is 0. The van der Waals surface area contributed by atoms with Crippen molar-refractivity contribution in [3.8, 4) is 0 Å². The second kappa shape index (κ2) is 6.71. The third-order valence-corrected chi connectivity index (χ3v) is 1.72. The lowest BCUT2D eigenvalue weighted by atomic mass is 10.1. The minimum atomic E-state index is 1.12. The summed E-state index contributed by atoms with van der Waals surface area (Å²) < 4.78 is 0. The molecule has 0 atom stereocenters. The van der Waals surface area contributed by atoms with Crippen molar-refractivity contribution in [3.05, 3.63) is 35.6 Å². The van der Waals surface area contributed by atoms with Crippen LogP contribution < -0.4 is 5.73 Å². The van der Waals surface area contributed by atoms with Crippen molar-refractivity contribution < 1.29 is 0 Å². The molecule has 68 valence electrons. The molecule has 0 radical (unpaired) electrons. The summed E-state index contributed by atoms with van der Waals surface area (Å²) in [5, 5.41) is 0. The van der Waals surface area contributed by atoms with Crippen molar-refractivity contribution in [2.24, 2.45) is 5.73 Å². The third-order valence-electron chi connectivity index (χ3n) is 1.72. The Hall–Kier alpha value is -0.980. The van der Waals surface area contributed by atoms with Crippen molar-refractivity contribution in [2.45, 2.75) is 33.6 Å². The van der Waals surface area contributed by atoms with Gasteiger partial charge in [-0.1, -0.05) is 31.6 Å². The minimum absolute atomic E-state index is 1.12. The number of rotatable bonds is 4. The van der Waals surface area contributed by atoms with Crippen LogP contribution in [0.25, 0.3) is 0 Å². The summed E-state index contributed by atoms with van der Waals surface area (Å²) in [6, 6.07) is 0. The zero-order valence-electron chi connectivity index (χ0n) is 8.30. The summed E-state index contributed by atoms with van der Waals surface area (Å²) in [5.41, 5.74) is 7.86. The van der Waals surface area contributed by atoms with Gasteiger partial charge in [-0.3, -0.25) is 0 Å². The van der Waals surface area contributed by atoms with Crippen LogP contribution in [-0.2, 0) is 0 Å². The molecule has 1 nitrogen and oxygen atoms in total. The van der Waals surface area contributed by atoms with E-state index in [1.165, 1.54) is 12.0 Å². The Kier molecular flexibility index (Phi) is 6.16. The molecule has 0 rings (SSSR count). The second-order valence-electron chi connectivity index (χ2n) is 2.80. The average Bonchev–Trinajstić information content (AvgIpc) is 2.10. The van der Waals surface area contributed by atoms with Crippen LogP contribution in [0.15, 0.2) is 35.6 Å². The van der Waals surface area contributed by atoms with Crippen LogP contribution in [0, 0.1) is 0 Å². The molecular weight excluding hydrogens is 146 g/mol. The number of unbranched alkanes of at least 4 members (excludes halogenated alkanes) is 1. The quantitative estimate of drug-likeness (QED) is 0.636. The zero-order chi connectivity index (χ0) is 9.40. The van der Waals surface area contributed by atoms with Crippen LogP contribution in [0.4, 0.5) is 0 Å². The molecule has 0 fully saturated rings. The minimum Gasteiger partial charge on any atom is -0.404 e. The molecule has 0 aliphatic heterocycles. The first-order chi connectivity index (χ1) is 5.76. The van der Waals surface area contributed by atoms with Crippen LogP contribution in [0.3, 0.4) is 0 Å². The van der Waals surface area contributed by atoms with Crippen LogP contribution >= 0.6 is 0 Å². The van der Waals surface area contributed by atoms with Gasteiger partial charge in [-0.2, -0.15) is 0 Å². The van der Waals surface area contributed by atoms with E-state index in [0.29, 0.717) is 0 Å². The molecule has 1 heteroatoms. The summed E-state index contributed by atoms with van der Waals surface area (Å²) in [5.74, 6) is 0. The van der Waals surface area contributed by atoms with E-state index < -0.39 is 0 Å². The predicted molar refractivity (Wildman–Crippen MR) is 55.7 cm³/mol. The van der Waals surface area contributed by atoms with Crippen LogP contribution in [-0.4, -0.2) is 0 Å². The maximum absolute atomic E-state index is 5.48. The topological polar surface area (TPSA) is 26.0 Å². The van der Waals surface area contributed by atoms with Gasteiger partial charge in [0.25, 0.3) is 0 Å². The second-order valence-corrected chi connectivity index (χ2v) is 2.80. The Morgan fingerprint density at radius 1 is 1.42 bits per heavy atom. The fourth-order valence-corrected chi connectivity index (χ4v) is 0.977. The first-order valence-corrected chi connectivity index (χ1v) is 4.48. The average molecular weight is 165 g/mol. The molecule has 0 aromatic heterocycles. The monoisotopic (exact) mass is 165 g/mol. The van der Waals surface area contributed by atoms with E-state index >= 15 is 0 Å². The van der Waals surface area contributed by atoms with Gasteiger partial charge in [0, 0.05) is 6.20 Å². The van der Waals surface area contributed by atoms with Crippen molar-refractivity contribution in [3.63, 3.8) is 0 Å². The van der Waals surface area contributed by atoms with E-state index in [1.54, 1.807) is 6.20 Å². The summed E-state index contributed by atoms with van der Waals surface area (Å²) in [6.45, 7) is 6.26. The van der Waals surface area contributed by atoms with E-state index in [-0.39, 0.29) is 0 Å². The molecule has 0 spiro atoms. The molecule has 0 aliphatic carbocycles. The van der Waals surface area contributed by atoms with Crippen LogP contribution in [0.5, 0.6) is 0 Å². The van der Waals surface area contributed by atoms with Crippen molar-refractivity contribution in [2.75, 3.05) is 0 Å². The predicted octanol–water partition coefficient (Wildman–Crippen LogP) is 3.15. The van der Waals surface area contributed by atoms with E-state index in [2.05, 4.69) is 19.9 Å². The standard InChI is InChI=1S/C11H19N/c1-4-6-8-10(3)11(9-12)7-5-2/h5,7-9H,4,6,12H2,1-3H3/b7-5-,10-8-,11-9-. The third kappa shape index (κ3) is 4.02. The molecule has 0 aromatic rings. The Labute approximate surface area is 75.7 Å². The Bertz CT molecular complexity index is 197. The molecule has 0 amide bonds. The summed E-state index contributed by atoms with van der Waals surface area (Å²) in [4.78, 5) is 0. The van der Waals surface area contributed by atoms with Crippen molar-refractivity contribution in [1.82, 2.24) is 0 Å². The normalized spacial score (nSPS) is 14.2. The highest BCUT2D eigenvalue weighted by atomic mass is 14.5. The van der Waals surface area contributed by atoms with E-state index in [1.807, 2.05) is 19.1 Å². The summed E-state index contributed by atoms with van der Waals surface area (Å²) in [7, 11) is 0. The fraction of sp³-hybridized carbons (Fsp3) is 0.455. The lowest BCUT2D eigenvalue weighted by molar-refractivity contribution is 0.950. The van der Waals surface area contributed by atoms with Gasteiger partial charge in [-0.05, 0) is 31.4 Å². The first kappa shape index (κ1) is 11.0. The highest BCUT2D eigenvalue weighted by Crippen LogP contribution is 2.10. The summed E-state index contributed by atoms with van der Waals surface area (Å²) in [6.07, 6.45) is 10.2. The van der Waals surface area contributed by atoms with Crippen LogP contribution in [0.1, 0.15) is 33.6 Å². The fourth-order valence-electron chi connectivity index (χ4n) is 0.977. The SMILES string of the molecule is C\C=C/C(=C/N)C(/C)=C\CCC. The number of hydrogen-bond donors (Lipinski definition) is 1. The molecule has 0 saturated heterocycles. The number of nitrogens with two attached hydrogens (primary N) is 1. The molecule has 0 unspecified atom stereocenters. The van der Waals surface area contributed by atoms with E-state index in [4.69, 9.17) is 5.73 Å². The number of allylic oxidation sites excluding steroid dienone is 5. The van der Waals surface area contributed by atoms with Gasteiger partial charge < -0.3 is 5.73 Å². The first-order valence-electron chi connectivity index (χ1n) is 4.48. The molecule has 0 bridgehead atoms. The molecule has 0 heterocycles. The Balaban J connectivity index is 4.32. The largest absolute Gasteiger partial charge is 0.404 e. The smallest absolute Gasteiger partial charge is 0.00139 e. The van der Waals surface area contributed by atoms with Crippen molar-refractivity contribution >= 4 is 0 Å². The van der Waals surface area contributed by atoms with Gasteiger partial charge in [-0.15, -0.1) is 0 Å². The highest BCUT2D eigenvalue weighted by molar-refractivity contribution is 5.37. The zero-order valence-corrected chi connectivity index (χ0v) is 8.30. The molecule has 2 N–H and O–H groups in total. The Morgan fingerprint density at radius 3 is 2.50 bits per heavy atom. The van der Waals surface area contributed by atoms with Gasteiger partial charge in [0.05, 0.1) is 0 Å². The van der Waals surface area contributed by atoms with E-state index in [9.17, 15) is 0 Å². The van der Waals surface area contributed by atoms with Gasteiger partial charge in [0.15, 0.2) is 0 Å². The van der Waals surface area contributed by atoms with Gasteiger partial charge in [0.2, 0.25) is 0 Å². The van der Waals surface area contributed by atoms with Gasteiger partial charge in [0.1, 0.15) is 0 Å². The van der Waals surface area contributed by atoms with Crippen LogP contribution in [0.2, 0.25) is 0 Å². The Morgan fingerprint density at radius 2 is 2.08 bits per heavy atom. The van der Waals surface area contributed by atoms with Gasteiger partial charge in [-0.25, -0.2) is 0 Å². The van der Waals surface area contributed by atoms with Crippen molar-refractivity contribution in [1.29, 1.82) is 0 Å².